The maximum absolute atomic E-state index is 10.3. The molecule has 0 saturated carbocycles. The predicted octanol–water partition coefficient (Wildman–Crippen LogP) is 4.25. The molecule has 0 spiro atoms. The molecule has 0 rings (SSSR count). The highest BCUT2D eigenvalue weighted by Crippen LogP contribution is 2.39. The van der Waals surface area contributed by atoms with Crippen molar-refractivity contribution in [3.8, 4) is 0 Å². The molecule has 0 aromatic rings. The van der Waals surface area contributed by atoms with Gasteiger partial charge >= 0.3 is 0 Å². The van der Waals surface area contributed by atoms with Gasteiger partial charge in [-0.1, -0.05) is 59.3 Å². The molecule has 0 amide bonds. The van der Waals surface area contributed by atoms with Crippen LogP contribution in [0.4, 0.5) is 0 Å². The van der Waals surface area contributed by atoms with Crippen molar-refractivity contribution in [3.63, 3.8) is 0 Å². The highest BCUT2D eigenvalue weighted by atomic mass is 16.3. The van der Waals surface area contributed by atoms with E-state index < -0.39 is 0 Å². The van der Waals surface area contributed by atoms with Gasteiger partial charge in [0.25, 0.3) is 0 Å². The topological polar surface area (TPSA) is 46.2 Å². The smallest absolute Gasteiger partial charge is 0.0608 e. The summed E-state index contributed by atoms with van der Waals surface area (Å²) in [5.74, 6) is 0. The molecule has 0 aliphatic heterocycles. The van der Waals surface area contributed by atoms with Crippen LogP contribution in [0, 0.1) is 5.41 Å². The first-order valence-electron chi connectivity index (χ1n) is 7.76. The zero-order valence-corrected chi connectivity index (χ0v) is 13.3. The number of nitrogens with two attached hydrogens (primary N) is 1. The zero-order chi connectivity index (χ0) is 14.2. The summed E-state index contributed by atoms with van der Waals surface area (Å²) in [6.07, 6.45) is 9.25. The van der Waals surface area contributed by atoms with Gasteiger partial charge < -0.3 is 10.8 Å². The van der Waals surface area contributed by atoms with E-state index in [1.54, 1.807) is 0 Å². The van der Waals surface area contributed by atoms with Gasteiger partial charge in [-0.25, -0.2) is 0 Å². The number of hydrogen-bond acceptors (Lipinski definition) is 2. The Morgan fingerprint density at radius 1 is 0.944 bits per heavy atom. The monoisotopic (exact) mass is 257 g/mol. The van der Waals surface area contributed by atoms with Gasteiger partial charge in [-0.15, -0.1) is 0 Å². The van der Waals surface area contributed by atoms with E-state index in [1.165, 1.54) is 38.5 Å². The fraction of sp³-hybridized carbons (Fsp3) is 1.00. The molecule has 0 aromatic carbocycles. The average Bonchev–Trinajstić information content (AvgIpc) is 2.30. The van der Waals surface area contributed by atoms with E-state index in [4.69, 9.17) is 5.73 Å². The van der Waals surface area contributed by atoms with Crippen LogP contribution in [-0.2, 0) is 0 Å². The summed E-state index contributed by atoms with van der Waals surface area (Å²) in [4.78, 5) is 0. The normalized spacial score (nSPS) is 17.5. The second kappa shape index (κ2) is 8.16. The molecule has 0 bridgehead atoms. The molecule has 3 N–H and O–H groups in total. The standard InChI is InChI=1S/C16H35NO/c1-6-8-9-10-11-12-13-16(5,14(18)7-2)15(3,4)17/h14,18H,6-13,17H2,1-5H3. The van der Waals surface area contributed by atoms with Crippen LogP contribution in [0.3, 0.4) is 0 Å². The number of unbranched alkanes of at least 4 members (excludes halogenated alkanes) is 5. The molecule has 0 heterocycles. The van der Waals surface area contributed by atoms with Crippen LogP contribution in [0.25, 0.3) is 0 Å². The van der Waals surface area contributed by atoms with Gasteiger partial charge in [0.05, 0.1) is 6.10 Å². The highest BCUT2D eigenvalue weighted by Gasteiger charge is 2.42. The van der Waals surface area contributed by atoms with E-state index in [2.05, 4.69) is 13.8 Å². The minimum atomic E-state index is -0.328. The van der Waals surface area contributed by atoms with Crippen LogP contribution in [0.1, 0.15) is 86.0 Å². The van der Waals surface area contributed by atoms with Crippen molar-refractivity contribution < 1.29 is 5.11 Å². The molecule has 110 valence electrons. The summed E-state index contributed by atoms with van der Waals surface area (Å²) >= 11 is 0. The Balaban J connectivity index is 4.20. The van der Waals surface area contributed by atoms with Gasteiger partial charge in [0, 0.05) is 11.0 Å². The lowest BCUT2D eigenvalue weighted by Gasteiger charge is -2.45. The van der Waals surface area contributed by atoms with E-state index in [9.17, 15) is 5.11 Å². The van der Waals surface area contributed by atoms with Crippen molar-refractivity contribution in [2.45, 2.75) is 97.6 Å². The predicted molar refractivity (Wildman–Crippen MR) is 80.7 cm³/mol. The SMILES string of the molecule is CCCCCCCCC(C)(C(O)CC)C(C)(C)N. The van der Waals surface area contributed by atoms with Crippen molar-refractivity contribution in [3.05, 3.63) is 0 Å². The Hall–Kier alpha value is -0.0800. The minimum absolute atomic E-state index is 0.174. The molecule has 2 nitrogen and oxygen atoms in total. The van der Waals surface area contributed by atoms with Crippen LogP contribution >= 0.6 is 0 Å². The van der Waals surface area contributed by atoms with E-state index in [0.29, 0.717) is 0 Å². The number of aliphatic hydroxyl groups excluding tert-OH is 1. The van der Waals surface area contributed by atoms with Crippen molar-refractivity contribution in [2.24, 2.45) is 11.1 Å². The third kappa shape index (κ3) is 5.27. The first-order chi connectivity index (χ1) is 8.29. The first-order valence-corrected chi connectivity index (χ1v) is 7.76. The summed E-state index contributed by atoms with van der Waals surface area (Å²) < 4.78 is 0. The second-order valence-corrected chi connectivity index (χ2v) is 6.58. The lowest BCUT2D eigenvalue weighted by atomic mass is 9.66. The molecule has 2 unspecified atom stereocenters. The van der Waals surface area contributed by atoms with Crippen LogP contribution in [0.5, 0.6) is 0 Å². The van der Waals surface area contributed by atoms with Gasteiger partial charge in [0.2, 0.25) is 0 Å². The van der Waals surface area contributed by atoms with Gasteiger partial charge in [-0.3, -0.25) is 0 Å². The Morgan fingerprint density at radius 2 is 1.44 bits per heavy atom. The first kappa shape index (κ1) is 17.9. The molecule has 0 aliphatic carbocycles. The quantitative estimate of drug-likeness (QED) is 0.575. The maximum atomic E-state index is 10.3. The lowest BCUT2D eigenvalue weighted by molar-refractivity contribution is -0.0202. The molecule has 0 radical (unpaired) electrons. The molecule has 0 aromatic heterocycles. The fourth-order valence-corrected chi connectivity index (χ4v) is 2.64. The Morgan fingerprint density at radius 3 is 1.89 bits per heavy atom. The largest absolute Gasteiger partial charge is 0.393 e. The summed E-state index contributed by atoms with van der Waals surface area (Å²) in [5.41, 5.74) is 5.79. The summed E-state index contributed by atoms with van der Waals surface area (Å²) in [5, 5.41) is 10.3. The average molecular weight is 257 g/mol. The van der Waals surface area contributed by atoms with Gasteiger partial charge in [0.15, 0.2) is 0 Å². The van der Waals surface area contributed by atoms with Crippen LogP contribution in [0.15, 0.2) is 0 Å². The molecule has 0 fully saturated rings. The molecule has 0 saturated heterocycles. The van der Waals surface area contributed by atoms with E-state index in [0.717, 1.165) is 12.8 Å². The van der Waals surface area contributed by atoms with Crippen molar-refractivity contribution in [1.82, 2.24) is 0 Å². The molecular weight excluding hydrogens is 222 g/mol. The summed E-state index contributed by atoms with van der Waals surface area (Å²) in [7, 11) is 0. The van der Waals surface area contributed by atoms with Gasteiger partial charge in [-0.2, -0.15) is 0 Å². The van der Waals surface area contributed by atoms with E-state index >= 15 is 0 Å². The molecular formula is C16H35NO. The van der Waals surface area contributed by atoms with Gasteiger partial charge in [0.1, 0.15) is 0 Å². The number of aliphatic hydroxyl groups is 1. The van der Waals surface area contributed by atoms with E-state index in [-0.39, 0.29) is 17.1 Å². The molecule has 0 aliphatic rings. The van der Waals surface area contributed by atoms with Crippen molar-refractivity contribution in [2.75, 3.05) is 0 Å². The Labute approximate surface area is 114 Å². The minimum Gasteiger partial charge on any atom is -0.393 e. The molecule has 18 heavy (non-hydrogen) atoms. The third-order valence-electron chi connectivity index (χ3n) is 4.64. The summed E-state index contributed by atoms with van der Waals surface area (Å²) in [6, 6.07) is 0. The lowest BCUT2D eigenvalue weighted by Crippen LogP contribution is -2.55. The number of hydrogen-bond donors (Lipinski definition) is 2. The van der Waals surface area contributed by atoms with Crippen molar-refractivity contribution >= 4 is 0 Å². The van der Waals surface area contributed by atoms with E-state index in [1.807, 2.05) is 20.8 Å². The van der Waals surface area contributed by atoms with Crippen LogP contribution in [0.2, 0.25) is 0 Å². The van der Waals surface area contributed by atoms with Crippen LogP contribution < -0.4 is 5.73 Å². The maximum Gasteiger partial charge on any atom is 0.0608 e. The van der Waals surface area contributed by atoms with Crippen LogP contribution in [-0.4, -0.2) is 16.7 Å². The fourth-order valence-electron chi connectivity index (χ4n) is 2.64. The second-order valence-electron chi connectivity index (χ2n) is 6.58. The number of rotatable bonds is 10. The highest BCUT2D eigenvalue weighted by molar-refractivity contribution is 4.97. The van der Waals surface area contributed by atoms with Crippen molar-refractivity contribution in [1.29, 1.82) is 0 Å². The summed E-state index contributed by atoms with van der Waals surface area (Å²) in [6.45, 7) is 10.5. The molecule has 2 heteroatoms. The Bertz CT molecular complexity index is 210. The molecule has 2 atom stereocenters. The third-order valence-corrected chi connectivity index (χ3v) is 4.64. The zero-order valence-electron chi connectivity index (χ0n) is 13.3. The van der Waals surface area contributed by atoms with Gasteiger partial charge in [-0.05, 0) is 26.7 Å². The Kier molecular flexibility index (Phi) is 8.13.